The van der Waals surface area contributed by atoms with E-state index in [4.69, 9.17) is 4.74 Å². The first-order chi connectivity index (χ1) is 13.5. The third-order valence-corrected chi connectivity index (χ3v) is 4.92. The van der Waals surface area contributed by atoms with E-state index in [2.05, 4.69) is 35.0 Å². The molecule has 150 valence electrons. The fourth-order valence-electron chi connectivity index (χ4n) is 3.42. The van der Waals surface area contributed by atoms with Gasteiger partial charge >= 0.3 is 0 Å². The van der Waals surface area contributed by atoms with Crippen LogP contribution in [0, 0.1) is 5.92 Å². The minimum atomic E-state index is -0.187. The van der Waals surface area contributed by atoms with Crippen LogP contribution in [0.1, 0.15) is 50.8 Å². The van der Waals surface area contributed by atoms with E-state index in [1.807, 2.05) is 43.3 Å². The maximum Gasteiger partial charge on any atom is 0.239 e. The molecule has 6 heteroatoms. The quantitative estimate of drug-likeness (QED) is 0.654. The zero-order chi connectivity index (χ0) is 19.9. The molecule has 0 radical (unpaired) electrons. The van der Waals surface area contributed by atoms with Crippen molar-refractivity contribution in [2.24, 2.45) is 5.92 Å². The minimum absolute atomic E-state index is 0.0307. The van der Waals surface area contributed by atoms with Crippen molar-refractivity contribution < 1.29 is 9.53 Å². The molecule has 1 saturated heterocycles. The minimum Gasteiger partial charge on any atom is -0.489 e. The lowest BCUT2D eigenvalue weighted by Gasteiger charge is -2.18. The van der Waals surface area contributed by atoms with Gasteiger partial charge in [-0.25, -0.2) is 5.43 Å². The first kappa shape index (κ1) is 20.3. The molecule has 0 aliphatic carbocycles. The second-order valence-corrected chi connectivity index (χ2v) is 7.85. The van der Waals surface area contributed by atoms with Crippen LogP contribution in [0.3, 0.4) is 0 Å². The molecule has 3 unspecified atom stereocenters. The summed E-state index contributed by atoms with van der Waals surface area (Å²) in [4.78, 5) is 16.6. The Morgan fingerprint density at radius 1 is 1.21 bits per heavy atom. The van der Waals surface area contributed by atoms with E-state index in [1.165, 1.54) is 0 Å². The second kappa shape index (κ2) is 9.66. The number of carbonyl (C=O) groups excluding carboxylic acids is 1. The largest absolute Gasteiger partial charge is 0.489 e. The highest BCUT2D eigenvalue weighted by atomic mass is 16.5. The Bertz CT molecular complexity index is 749. The number of carbonyl (C=O) groups is 1. The Morgan fingerprint density at radius 3 is 2.68 bits per heavy atom. The van der Waals surface area contributed by atoms with Crippen LogP contribution in [-0.2, 0) is 11.4 Å². The number of ether oxygens (including phenoxy) is 1. The summed E-state index contributed by atoms with van der Waals surface area (Å²) in [5.41, 5.74) is 8.43. The summed E-state index contributed by atoms with van der Waals surface area (Å²) in [5, 5.41) is 3.10. The molecule has 2 heterocycles. The van der Waals surface area contributed by atoms with Gasteiger partial charge in [-0.2, -0.15) is 0 Å². The van der Waals surface area contributed by atoms with Gasteiger partial charge in [-0.15, -0.1) is 0 Å². The van der Waals surface area contributed by atoms with Crippen LogP contribution in [-0.4, -0.2) is 23.0 Å². The molecule has 1 aromatic carbocycles. The fourth-order valence-corrected chi connectivity index (χ4v) is 3.42. The van der Waals surface area contributed by atoms with Gasteiger partial charge in [0.25, 0.3) is 0 Å². The molecule has 0 spiro atoms. The maximum atomic E-state index is 12.5. The molecular formula is C22H30N4O2. The van der Waals surface area contributed by atoms with Crippen LogP contribution in [0.25, 0.3) is 0 Å². The van der Waals surface area contributed by atoms with Crippen LogP contribution in [0.15, 0.2) is 48.8 Å². The van der Waals surface area contributed by atoms with Gasteiger partial charge in [0, 0.05) is 24.0 Å². The normalized spacial score (nSPS) is 20.1. The average molecular weight is 383 g/mol. The smallest absolute Gasteiger partial charge is 0.239 e. The number of rotatable bonds is 8. The standard InChI is InChI=1S/C22H30N4O2/c1-15(2)11-19-12-21(26-25-19)22(27)24-16(3)18-6-8-20(9-7-18)28-14-17-5-4-10-23-13-17/h4-10,13,15-16,19,21,25-26H,11-12,14H2,1-3H3,(H,24,27). The van der Waals surface area contributed by atoms with Gasteiger partial charge in [-0.1, -0.05) is 32.0 Å². The van der Waals surface area contributed by atoms with E-state index in [1.54, 1.807) is 12.4 Å². The summed E-state index contributed by atoms with van der Waals surface area (Å²) in [6, 6.07) is 11.8. The highest BCUT2D eigenvalue weighted by molar-refractivity contribution is 5.82. The molecule has 1 fully saturated rings. The van der Waals surface area contributed by atoms with Gasteiger partial charge in [0.1, 0.15) is 18.4 Å². The second-order valence-electron chi connectivity index (χ2n) is 7.85. The molecular weight excluding hydrogens is 352 g/mol. The molecule has 1 aliphatic rings. The van der Waals surface area contributed by atoms with Crippen molar-refractivity contribution in [2.45, 2.75) is 58.3 Å². The lowest BCUT2D eigenvalue weighted by atomic mass is 9.99. The molecule has 1 amide bonds. The van der Waals surface area contributed by atoms with Gasteiger partial charge in [-0.3, -0.25) is 15.2 Å². The van der Waals surface area contributed by atoms with Gasteiger partial charge in [0.2, 0.25) is 5.91 Å². The van der Waals surface area contributed by atoms with E-state index in [0.29, 0.717) is 18.6 Å². The van der Waals surface area contributed by atoms with Crippen LogP contribution >= 0.6 is 0 Å². The molecule has 0 bridgehead atoms. The Labute approximate surface area is 167 Å². The number of aromatic nitrogens is 1. The summed E-state index contributed by atoms with van der Waals surface area (Å²) in [6.45, 7) is 6.87. The van der Waals surface area contributed by atoms with Crippen molar-refractivity contribution >= 4 is 5.91 Å². The lowest BCUT2D eigenvalue weighted by molar-refractivity contribution is -0.123. The molecule has 1 aromatic heterocycles. The average Bonchev–Trinajstić information content (AvgIpc) is 3.15. The number of hydrogen-bond acceptors (Lipinski definition) is 5. The summed E-state index contributed by atoms with van der Waals surface area (Å²) < 4.78 is 5.79. The van der Waals surface area contributed by atoms with E-state index in [9.17, 15) is 4.79 Å². The molecule has 3 rings (SSSR count). The number of nitrogens with zero attached hydrogens (tertiary/aromatic N) is 1. The van der Waals surface area contributed by atoms with Crippen molar-refractivity contribution in [2.75, 3.05) is 0 Å². The predicted molar refractivity (Wildman–Crippen MR) is 109 cm³/mol. The van der Waals surface area contributed by atoms with Crippen molar-refractivity contribution in [3.05, 3.63) is 59.9 Å². The Kier molecular flexibility index (Phi) is 7.01. The van der Waals surface area contributed by atoms with Crippen molar-refractivity contribution in [3.63, 3.8) is 0 Å². The number of hydrogen-bond donors (Lipinski definition) is 3. The first-order valence-electron chi connectivity index (χ1n) is 9.94. The Balaban J connectivity index is 1.47. The van der Waals surface area contributed by atoms with Crippen molar-refractivity contribution in [1.29, 1.82) is 0 Å². The predicted octanol–water partition coefficient (Wildman–Crippen LogP) is 3.12. The van der Waals surface area contributed by atoms with Crippen LogP contribution in [0.2, 0.25) is 0 Å². The fraction of sp³-hybridized carbons (Fsp3) is 0.455. The number of pyridine rings is 1. The molecule has 0 saturated carbocycles. The molecule has 3 atom stereocenters. The molecule has 2 aromatic rings. The summed E-state index contributed by atoms with van der Waals surface area (Å²) >= 11 is 0. The molecule has 1 aliphatic heterocycles. The van der Waals surface area contributed by atoms with Gasteiger partial charge in [0.05, 0.1) is 6.04 Å². The lowest BCUT2D eigenvalue weighted by Crippen LogP contribution is -2.44. The third kappa shape index (κ3) is 5.78. The highest BCUT2D eigenvalue weighted by Crippen LogP contribution is 2.20. The zero-order valence-electron chi connectivity index (χ0n) is 16.8. The monoisotopic (exact) mass is 382 g/mol. The maximum absolute atomic E-state index is 12.5. The number of nitrogens with one attached hydrogen (secondary N) is 3. The molecule has 3 N–H and O–H groups in total. The summed E-state index contributed by atoms with van der Waals surface area (Å²) in [6.07, 6.45) is 5.42. The van der Waals surface area contributed by atoms with Crippen LogP contribution in [0.5, 0.6) is 5.75 Å². The molecule has 6 nitrogen and oxygen atoms in total. The van der Waals surface area contributed by atoms with Gasteiger partial charge in [0.15, 0.2) is 0 Å². The topological polar surface area (TPSA) is 75.3 Å². The van der Waals surface area contributed by atoms with Crippen LogP contribution < -0.4 is 20.9 Å². The summed E-state index contributed by atoms with van der Waals surface area (Å²) in [5.74, 6) is 1.44. The Morgan fingerprint density at radius 2 is 2.00 bits per heavy atom. The zero-order valence-corrected chi connectivity index (χ0v) is 16.8. The van der Waals surface area contributed by atoms with E-state index >= 15 is 0 Å². The van der Waals surface area contributed by atoms with Crippen molar-refractivity contribution in [3.8, 4) is 5.75 Å². The highest BCUT2D eigenvalue weighted by Gasteiger charge is 2.30. The number of amides is 1. The van der Waals surface area contributed by atoms with Crippen molar-refractivity contribution in [1.82, 2.24) is 21.2 Å². The summed E-state index contributed by atoms with van der Waals surface area (Å²) in [7, 11) is 0. The SMILES string of the molecule is CC(C)CC1CC(C(=O)NC(C)c2ccc(OCc3cccnc3)cc2)NN1. The van der Waals surface area contributed by atoms with Crippen LogP contribution in [0.4, 0.5) is 0 Å². The molecule has 28 heavy (non-hydrogen) atoms. The van der Waals surface area contributed by atoms with E-state index in [-0.39, 0.29) is 18.0 Å². The number of benzene rings is 1. The Hall–Kier alpha value is -2.44. The third-order valence-electron chi connectivity index (χ3n) is 4.92. The van der Waals surface area contributed by atoms with E-state index < -0.39 is 0 Å². The van der Waals surface area contributed by atoms with E-state index in [0.717, 1.165) is 29.7 Å². The number of hydrazine groups is 1. The first-order valence-corrected chi connectivity index (χ1v) is 9.94. The van der Waals surface area contributed by atoms with Gasteiger partial charge in [-0.05, 0) is 49.4 Å². The van der Waals surface area contributed by atoms with Gasteiger partial charge < -0.3 is 10.1 Å².